The number of aromatic amines is 1. The molecule has 0 spiro atoms. The number of aromatic nitrogens is 1. The molecular formula is C25H33ClN2O5. The van der Waals surface area contributed by atoms with Gasteiger partial charge in [0.1, 0.15) is 5.75 Å². The molecule has 3 aromatic rings. The van der Waals surface area contributed by atoms with Gasteiger partial charge in [0.15, 0.2) is 0 Å². The third kappa shape index (κ3) is 5.86. The lowest BCUT2D eigenvalue weighted by Gasteiger charge is -2.40. The van der Waals surface area contributed by atoms with E-state index < -0.39 is 5.97 Å². The average molecular weight is 477 g/mol. The van der Waals surface area contributed by atoms with Crippen molar-refractivity contribution in [3.05, 3.63) is 65.4 Å². The summed E-state index contributed by atoms with van der Waals surface area (Å²) in [5.41, 5.74) is 3.71. The van der Waals surface area contributed by atoms with Crippen molar-refractivity contribution in [2.24, 2.45) is 0 Å². The summed E-state index contributed by atoms with van der Waals surface area (Å²) >= 11 is 0. The van der Waals surface area contributed by atoms with E-state index in [0.717, 1.165) is 42.8 Å². The zero-order chi connectivity index (χ0) is 21.8. The molecule has 1 aliphatic heterocycles. The first-order valence-electron chi connectivity index (χ1n) is 11.0. The maximum Gasteiger partial charge on any atom is 0.335 e. The first kappa shape index (κ1) is 26.7. The van der Waals surface area contributed by atoms with Crippen LogP contribution in [0.3, 0.4) is 0 Å². The van der Waals surface area contributed by atoms with E-state index in [9.17, 15) is 9.90 Å². The molecule has 4 N–H and O–H groups in total. The number of likely N-dealkylation sites (tertiary alicyclic amines) is 1. The first-order chi connectivity index (χ1) is 15.1. The first-order valence-corrected chi connectivity index (χ1v) is 11.0. The predicted octanol–water partition coefficient (Wildman–Crippen LogP) is 4.60. The van der Waals surface area contributed by atoms with Gasteiger partial charge in [-0.25, -0.2) is 4.79 Å². The van der Waals surface area contributed by atoms with Crippen LogP contribution in [0, 0.1) is 0 Å². The Bertz CT molecular complexity index is 1040. The number of nitrogens with one attached hydrogen (secondary N) is 1. The van der Waals surface area contributed by atoms with Crippen molar-refractivity contribution < 1.29 is 24.9 Å². The smallest absolute Gasteiger partial charge is 0.335 e. The lowest BCUT2D eigenvalue weighted by atomic mass is 9.91. The van der Waals surface area contributed by atoms with E-state index in [2.05, 4.69) is 22.0 Å². The minimum Gasteiger partial charge on any atom is -0.494 e. The Morgan fingerprint density at radius 1 is 1.12 bits per heavy atom. The predicted molar refractivity (Wildman–Crippen MR) is 132 cm³/mol. The Morgan fingerprint density at radius 2 is 1.88 bits per heavy atom. The monoisotopic (exact) mass is 476 g/mol. The zero-order valence-corrected chi connectivity index (χ0v) is 19.9. The molecule has 7 nitrogen and oxygen atoms in total. The van der Waals surface area contributed by atoms with Crippen molar-refractivity contribution in [1.29, 1.82) is 0 Å². The van der Waals surface area contributed by atoms with E-state index in [0.29, 0.717) is 18.8 Å². The molecule has 0 saturated carbocycles. The van der Waals surface area contributed by atoms with Crippen molar-refractivity contribution in [1.82, 2.24) is 9.88 Å². The largest absolute Gasteiger partial charge is 0.494 e. The molecule has 2 aromatic carbocycles. The Morgan fingerprint density at radius 3 is 2.55 bits per heavy atom. The summed E-state index contributed by atoms with van der Waals surface area (Å²) in [7, 11) is 0. The summed E-state index contributed by atoms with van der Waals surface area (Å²) in [6.07, 6.45) is 4.03. The molecule has 0 amide bonds. The Labute approximate surface area is 200 Å². The average Bonchev–Trinajstić information content (AvgIpc) is 3.26. The van der Waals surface area contributed by atoms with Crippen LogP contribution in [0.2, 0.25) is 0 Å². The molecule has 1 aliphatic rings. The van der Waals surface area contributed by atoms with Crippen LogP contribution in [0.15, 0.2) is 48.7 Å². The number of benzene rings is 2. The van der Waals surface area contributed by atoms with Crippen LogP contribution in [0.1, 0.15) is 54.2 Å². The number of nitrogens with zero attached hydrogens (tertiary/aromatic N) is 1. The molecule has 1 aromatic heterocycles. The molecule has 33 heavy (non-hydrogen) atoms. The number of halogens is 1. The van der Waals surface area contributed by atoms with Gasteiger partial charge in [-0.05, 0) is 62.6 Å². The number of carboxylic acids is 1. The zero-order valence-electron chi connectivity index (χ0n) is 19.0. The highest BCUT2D eigenvalue weighted by molar-refractivity contribution is 5.87. The topological polar surface area (TPSA) is 106 Å². The van der Waals surface area contributed by atoms with Gasteiger partial charge in [-0.1, -0.05) is 12.1 Å². The van der Waals surface area contributed by atoms with Crippen LogP contribution < -0.4 is 4.74 Å². The van der Waals surface area contributed by atoms with Crippen LogP contribution in [-0.4, -0.2) is 52.3 Å². The number of ether oxygens (including phenoxy) is 2. The fourth-order valence-corrected chi connectivity index (χ4v) is 4.59. The highest BCUT2D eigenvalue weighted by Gasteiger charge is 2.31. The van der Waals surface area contributed by atoms with Gasteiger partial charge < -0.3 is 25.0 Å². The molecule has 180 valence electrons. The van der Waals surface area contributed by atoms with Crippen molar-refractivity contribution in [2.75, 3.05) is 19.8 Å². The summed E-state index contributed by atoms with van der Waals surface area (Å²) in [6, 6.07) is 13.6. The quantitative estimate of drug-likeness (QED) is 0.494. The molecule has 0 radical (unpaired) electrons. The van der Waals surface area contributed by atoms with Gasteiger partial charge in [-0.2, -0.15) is 0 Å². The standard InChI is InChI=1S/C25H30N2O4.ClH.H2O/c1-3-30-19-12-14-27(23(15-19)17-5-7-18(8-6-17)25(28)29)16-21-20-11-13-26-22(20)9-10-24(21)31-4-2;;/h5-11,13,19,23,26H,3-4,12,14-16H2,1-2H3,(H,28,29);1H;1H2/t19-,23-;;/m0../s1. The summed E-state index contributed by atoms with van der Waals surface area (Å²) in [5, 5.41) is 10.4. The van der Waals surface area contributed by atoms with E-state index in [1.54, 1.807) is 12.1 Å². The van der Waals surface area contributed by atoms with Crippen molar-refractivity contribution in [2.45, 2.75) is 45.4 Å². The maximum absolute atomic E-state index is 11.3. The van der Waals surface area contributed by atoms with Crippen molar-refractivity contribution >= 4 is 29.3 Å². The molecule has 1 saturated heterocycles. The number of H-pyrrole nitrogens is 1. The number of carbonyl (C=O) groups is 1. The van der Waals surface area contributed by atoms with Crippen molar-refractivity contribution in [3.8, 4) is 5.75 Å². The number of rotatable bonds is 8. The summed E-state index contributed by atoms with van der Waals surface area (Å²) in [4.78, 5) is 17.1. The number of fused-ring (bicyclic) bond motifs is 1. The summed E-state index contributed by atoms with van der Waals surface area (Å²) in [5.74, 6) is 0.0150. The van der Waals surface area contributed by atoms with Crippen LogP contribution in [0.5, 0.6) is 5.75 Å². The molecular weight excluding hydrogens is 444 g/mol. The lowest BCUT2D eigenvalue weighted by molar-refractivity contribution is -0.0138. The Hall–Kier alpha value is -2.58. The van der Waals surface area contributed by atoms with Crippen LogP contribution in [-0.2, 0) is 11.3 Å². The van der Waals surface area contributed by atoms with Gasteiger partial charge >= 0.3 is 5.97 Å². The second-order valence-electron chi connectivity index (χ2n) is 7.93. The van der Waals surface area contributed by atoms with Gasteiger partial charge in [0, 0.05) is 48.4 Å². The molecule has 4 rings (SSSR count). The molecule has 1 fully saturated rings. The van der Waals surface area contributed by atoms with Gasteiger partial charge in [-0.15, -0.1) is 12.4 Å². The highest BCUT2D eigenvalue weighted by Crippen LogP contribution is 2.37. The number of hydrogen-bond acceptors (Lipinski definition) is 4. The second kappa shape index (κ2) is 12.0. The minimum atomic E-state index is -0.903. The highest BCUT2D eigenvalue weighted by atomic mass is 35.5. The third-order valence-corrected chi connectivity index (χ3v) is 6.07. The fraction of sp³-hybridized carbons (Fsp3) is 0.400. The van der Waals surface area contributed by atoms with E-state index in [4.69, 9.17) is 9.47 Å². The van der Waals surface area contributed by atoms with Crippen LogP contribution in [0.4, 0.5) is 0 Å². The van der Waals surface area contributed by atoms with E-state index in [1.165, 1.54) is 10.9 Å². The van der Waals surface area contributed by atoms with Crippen molar-refractivity contribution in [3.63, 3.8) is 0 Å². The fourth-order valence-electron chi connectivity index (χ4n) is 4.59. The second-order valence-corrected chi connectivity index (χ2v) is 7.93. The Balaban J connectivity index is 0.00000193. The van der Waals surface area contributed by atoms with Gasteiger partial charge in [0.25, 0.3) is 0 Å². The molecule has 0 unspecified atom stereocenters. The van der Waals surface area contributed by atoms with E-state index in [1.807, 2.05) is 38.2 Å². The normalized spacial score (nSPS) is 18.4. The SMILES string of the molecule is CCOc1ccc2[nH]ccc2c1CN1CC[C@H](OCC)C[C@H]1c1ccc(C(=O)O)cc1.Cl.O. The van der Waals surface area contributed by atoms with Gasteiger partial charge in [0.05, 0.1) is 18.3 Å². The van der Waals surface area contributed by atoms with E-state index in [-0.39, 0.29) is 30.0 Å². The summed E-state index contributed by atoms with van der Waals surface area (Å²) in [6.45, 7) is 7.02. The number of hydrogen-bond donors (Lipinski definition) is 2. The van der Waals surface area contributed by atoms with E-state index >= 15 is 0 Å². The van der Waals surface area contributed by atoms with Crippen LogP contribution in [0.25, 0.3) is 10.9 Å². The minimum absolute atomic E-state index is 0. The molecule has 0 bridgehead atoms. The van der Waals surface area contributed by atoms with Gasteiger partial charge in [-0.3, -0.25) is 4.90 Å². The van der Waals surface area contributed by atoms with Gasteiger partial charge in [0.2, 0.25) is 0 Å². The molecule has 8 heteroatoms. The van der Waals surface area contributed by atoms with Crippen LogP contribution >= 0.6 is 12.4 Å². The molecule has 0 aliphatic carbocycles. The number of piperidine rings is 1. The Kier molecular flexibility index (Phi) is 9.73. The number of carboxylic acid groups (broad SMARTS) is 1. The molecule has 2 heterocycles. The molecule has 2 atom stereocenters. The maximum atomic E-state index is 11.3. The number of aromatic carboxylic acids is 1. The summed E-state index contributed by atoms with van der Waals surface area (Å²) < 4.78 is 11.9. The lowest BCUT2D eigenvalue weighted by Crippen LogP contribution is -2.39. The third-order valence-electron chi connectivity index (χ3n) is 6.07.